The van der Waals surface area contributed by atoms with Gasteiger partial charge in [0.25, 0.3) is 11.7 Å². The van der Waals surface area contributed by atoms with Gasteiger partial charge in [-0.05, 0) is 66.4 Å². The molecule has 1 saturated heterocycles. The summed E-state index contributed by atoms with van der Waals surface area (Å²) < 4.78 is 13.8. The highest BCUT2D eigenvalue weighted by Gasteiger charge is 2.46. The van der Waals surface area contributed by atoms with Crippen molar-refractivity contribution in [3.05, 3.63) is 107 Å². The molecule has 3 aromatic carbocycles. The fourth-order valence-electron chi connectivity index (χ4n) is 4.68. The molecule has 7 heteroatoms. The number of carbonyl (C=O) groups excluding carboxylic acids is 2. The maximum atomic E-state index is 13.8. The topological polar surface area (TPSA) is 93.6 Å². The van der Waals surface area contributed by atoms with E-state index in [-0.39, 0.29) is 29.2 Å². The van der Waals surface area contributed by atoms with E-state index in [4.69, 9.17) is 0 Å². The van der Waals surface area contributed by atoms with Gasteiger partial charge in [-0.15, -0.1) is 0 Å². The number of hydrogen-bond donors (Lipinski definition) is 3. The Bertz CT molecular complexity index is 1500. The maximum absolute atomic E-state index is 13.8. The fourth-order valence-corrected chi connectivity index (χ4v) is 4.68. The summed E-state index contributed by atoms with van der Waals surface area (Å²) in [5, 5.41) is 22.2. The molecule has 3 N–H and O–H groups in total. The average Bonchev–Trinajstić information content (AvgIpc) is 3.37. The van der Waals surface area contributed by atoms with Crippen molar-refractivity contribution >= 4 is 28.4 Å². The Balaban J connectivity index is 1.58. The van der Waals surface area contributed by atoms with E-state index in [9.17, 15) is 24.2 Å². The number of hydrogen-bond acceptors (Lipinski definition) is 4. The van der Waals surface area contributed by atoms with Crippen LogP contribution in [0.4, 0.5) is 4.39 Å². The number of ketones is 1. The number of phenols is 1. The van der Waals surface area contributed by atoms with E-state index < -0.39 is 23.5 Å². The molecule has 0 saturated carbocycles. The molecule has 0 bridgehead atoms. The molecule has 0 radical (unpaired) electrons. The van der Waals surface area contributed by atoms with Crippen LogP contribution in [0.3, 0.4) is 0 Å². The summed E-state index contributed by atoms with van der Waals surface area (Å²) in [6, 6.07) is 17.2. The average molecular weight is 471 g/mol. The fraction of sp³-hybridized carbons (Fsp3) is 0.143. The number of H-pyrrole nitrogens is 1. The lowest BCUT2D eigenvalue weighted by Crippen LogP contribution is -2.31. The normalized spacial score (nSPS) is 17.4. The van der Waals surface area contributed by atoms with Crippen molar-refractivity contribution in [2.45, 2.75) is 19.4 Å². The molecule has 1 amide bonds. The molecular formula is C28H23FN2O4. The number of halogens is 1. The van der Waals surface area contributed by atoms with E-state index >= 15 is 0 Å². The second-order valence-corrected chi connectivity index (χ2v) is 8.66. The van der Waals surface area contributed by atoms with Gasteiger partial charge >= 0.3 is 0 Å². The number of phenolic OH excluding ortho intramolecular Hbond substituents is 1. The Labute approximate surface area is 200 Å². The van der Waals surface area contributed by atoms with Gasteiger partial charge in [0.15, 0.2) is 0 Å². The van der Waals surface area contributed by atoms with Crippen LogP contribution in [0, 0.1) is 12.7 Å². The molecule has 176 valence electrons. The minimum atomic E-state index is -0.905. The summed E-state index contributed by atoms with van der Waals surface area (Å²) in [5.74, 6) is -2.41. The van der Waals surface area contributed by atoms with Crippen LogP contribution in [-0.4, -0.2) is 38.3 Å². The van der Waals surface area contributed by atoms with Gasteiger partial charge in [0, 0.05) is 29.2 Å². The van der Waals surface area contributed by atoms with E-state index in [0.29, 0.717) is 17.5 Å². The van der Waals surface area contributed by atoms with Gasteiger partial charge in [0.2, 0.25) is 0 Å². The highest BCUT2D eigenvalue weighted by Crippen LogP contribution is 2.40. The van der Waals surface area contributed by atoms with Gasteiger partial charge in [-0.3, -0.25) is 9.59 Å². The molecular weight excluding hydrogens is 447 g/mol. The van der Waals surface area contributed by atoms with Crippen LogP contribution < -0.4 is 0 Å². The van der Waals surface area contributed by atoms with E-state index in [1.165, 1.54) is 35.2 Å². The third kappa shape index (κ3) is 3.95. The van der Waals surface area contributed by atoms with Gasteiger partial charge in [-0.2, -0.15) is 0 Å². The molecule has 6 nitrogen and oxygen atoms in total. The number of aryl methyl sites for hydroxylation is 1. The number of aliphatic hydroxyl groups excluding tert-OH is 1. The Morgan fingerprint density at radius 3 is 2.63 bits per heavy atom. The van der Waals surface area contributed by atoms with Gasteiger partial charge in [-0.1, -0.05) is 30.3 Å². The molecule has 2 heterocycles. The molecule has 1 atom stereocenters. The van der Waals surface area contributed by atoms with Crippen molar-refractivity contribution in [3.63, 3.8) is 0 Å². The van der Waals surface area contributed by atoms with Crippen molar-refractivity contribution < 1.29 is 24.2 Å². The first-order valence-electron chi connectivity index (χ1n) is 11.2. The Hall–Kier alpha value is -4.39. The Morgan fingerprint density at radius 1 is 1.06 bits per heavy atom. The number of Topliss-reactive ketones (excluding diaryl/α,β-unsaturated/α-hetero) is 1. The second-order valence-electron chi connectivity index (χ2n) is 8.66. The summed E-state index contributed by atoms with van der Waals surface area (Å²) in [6.45, 7) is 1.77. The molecule has 5 rings (SSSR count). The SMILES string of the molecule is Cc1cc(/C(O)=C2\C(=O)C(=O)N(CCc3c[nH]c4ccccc34)C2c2cccc(O)c2)ccc1F. The number of likely N-dealkylation sites (tertiary alicyclic amines) is 1. The number of benzene rings is 3. The number of aromatic amines is 1. The zero-order chi connectivity index (χ0) is 24.7. The third-order valence-corrected chi connectivity index (χ3v) is 6.45. The predicted molar refractivity (Wildman–Crippen MR) is 130 cm³/mol. The largest absolute Gasteiger partial charge is 0.508 e. The van der Waals surface area contributed by atoms with Gasteiger partial charge in [-0.25, -0.2) is 4.39 Å². The van der Waals surface area contributed by atoms with Crippen LogP contribution in [0.25, 0.3) is 16.7 Å². The second kappa shape index (κ2) is 8.76. The number of carbonyl (C=O) groups is 2. The molecule has 1 aliphatic rings. The van der Waals surface area contributed by atoms with Crippen LogP contribution in [-0.2, 0) is 16.0 Å². The summed E-state index contributed by atoms with van der Waals surface area (Å²) in [5.41, 5.74) is 2.90. The van der Waals surface area contributed by atoms with Crippen molar-refractivity contribution in [3.8, 4) is 5.75 Å². The van der Waals surface area contributed by atoms with E-state index in [0.717, 1.165) is 16.5 Å². The van der Waals surface area contributed by atoms with Crippen molar-refractivity contribution in [2.24, 2.45) is 0 Å². The molecule has 1 aromatic heterocycles. The first kappa shape index (κ1) is 22.4. The number of fused-ring (bicyclic) bond motifs is 1. The molecule has 1 fully saturated rings. The van der Waals surface area contributed by atoms with Crippen molar-refractivity contribution in [2.75, 3.05) is 6.54 Å². The molecule has 0 spiro atoms. The number of nitrogens with zero attached hydrogens (tertiary/aromatic N) is 1. The number of aliphatic hydroxyl groups is 1. The Morgan fingerprint density at radius 2 is 1.86 bits per heavy atom. The van der Waals surface area contributed by atoms with Crippen LogP contribution >= 0.6 is 0 Å². The first-order valence-corrected chi connectivity index (χ1v) is 11.2. The molecule has 1 aliphatic heterocycles. The van der Waals surface area contributed by atoms with Crippen molar-refractivity contribution in [1.29, 1.82) is 0 Å². The van der Waals surface area contributed by atoms with Crippen LogP contribution in [0.1, 0.15) is 28.3 Å². The maximum Gasteiger partial charge on any atom is 0.295 e. The van der Waals surface area contributed by atoms with Gasteiger partial charge < -0.3 is 20.1 Å². The van der Waals surface area contributed by atoms with Gasteiger partial charge in [0.1, 0.15) is 17.3 Å². The summed E-state index contributed by atoms with van der Waals surface area (Å²) in [7, 11) is 0. The summed E-state index contributed by atoms with van der Waals surface area (Å²) >= 11 is 0. The zero-order valence-corrected chi connectivity index (χ0v) is 19.0. The zero-order valence-electron chi connectivity index (χ0n) is 19.0. The van der Waals surface area contributed by atoms with Gasteiger partial charge in [0.05, 0.1) is 11.6 Å². The number of aromatic nitrogens is 1. The van der Waals surface area contributed by atoms with Crippen molar-refractivity contribution in [1.82, 2.24) is 9.88 Å². The standard InChI is InChI=1S/C28H23FN2O4/c1-16-13-18(9-10-22(16)29)26(33)24-25(17-5-4-6-20(32)14-17)31(28(35)27(24)34)12-11-19-15-30-23-8-3-2-7-21(19)23/h2-10,13-15,25,30,32-33H,11-12H2,1H3/b26-24+. The highest BCUT2D eigenvalue weighted by atomic mass is 19.1. The first-order chi connectivity index (χ1) is 16.8. The number of para-hydroxylation sites is 1. The number of rotatable bonds is 5. The van der Waals surface area contributed by atoms with Crippen LogP contribution in [0.5, 0.6) is 5.75 Å². The van der Waals surface area contributed by atoms with E-state index in [1.54, 1.807) is 19.1 Å². The lowest BCUT2D eigenvalue weighted by molar-refractivity contribution is -0.139. The quantitative estimate of drug-likeness (QED) is 0.218. The summed E-state index contributed by atoms with van der Waals surface area (Å²) in [6.07, 6.45) is 2.36. The van der Waals surface area contributed by atoms with E-state index in [2.05, 4.69) is 4.98 Å². The predicted octanol–water partition coefficient (Wildman–Crippen LogP) is 4.99. The molecule has 0 aliphatic carbocycles. The minimum Gasteiger partial charge on any atom is -0.508 e. The lowest BCUT2D eigenvalue weighted by atomic mass is 9.94. The molecule has 1 unspecified atom stereocenters. The monoisotopic (exact) mass is 470 g/mol. The molecule has 4 aromatic rings. The highest BCUT2D eigenvalue weighted by molar-refractivity contribution is 6.46. The number of aromatic hydroxyl groups is 1. The molecule has 35 heavy (non-hydrogen) atoms. The van der Waals surface area contributed by atoms with Crippen LogP contribution in [0.2, 0.25) is 0 Å². The number of nitrogens with one attached hydrogen (secondary N) is 1. The number of amides is 1. The van der Waals surface area contributed by atoms with E-state index in [1.807, 2.05) is 30.5 Å². The third-order valence-electron chi connectivity index (χ3n) is 6.45. The minimum absolute atomic E-state index is 0.0256. The Kier molecular flexibility index (Phi) is 5.61. The van der Waals surface area contributed by atoms with Crippen LogP contribution in [0.15, 0.2) is 78.5 Å². The lowest BCUT2D eigenvalue weighted by Gasteiger charge is -2.25. The smallest absolute Gasteiger partial charge is 0.295 e. The summed E-state index contributed by atoms with van der Waals surface area (Å²) in [4.78, 5) is 31.0.